The zero-order chi connectivity index (χ0) is 17.9. The molecule has 0 aromatic carbocycles. The number of nitrogens with zero attached hydrogens (tertiary/aromatic N) is 3. The second kappa shape index (κ2) is 7.22. The van der Waals surface area contributed by atoms with E-state index in [0.29, 0.717) is 10.7 Å². The van der Waals surface area contributed by atoms with Gasteiger partial charge in [0, 0.05) is 6.07 Å². The molecule has 2 aromatic heterocycles. The molecule has 0 aliphatic rings. The van der Waals surface area contributed by atoms with Gasteiger partial charge in [-0.1, -0.05) is 11.6 Å². The highest BCUT2D eigenvalue weighted by molar-refractivity contribution is 6.30. The van der Waals surface area contributed by atoms with Gasteiger partial charge in [-0.3, -0.25) is 0 Å². The number of nitrogens with two attached hydrogens (primary N) is 1. The molecular weight excluding hydrogens is 353 g/mol. The van der Waals surface area contributed by atoms with Crippen LogP contribution in [0.1, 0.15) is 18.7 Å². The number of rotatable bonds is 7. The Balaban J connectivity index is 2.25. The van der Waals surface area contributed by atoms with E-state index in [1.165, 1.54) is 23.0 Å². The van der Waals surface area contributed by atoms with Crippen molar-refractivity contribution in [2.75, 3.05) is 13.3 Å². The molecule has 0 saturated carbocycles. The number of carbonyl (C=O) groups is 1. The summed E-state index contributed by atoms with van der Waals surface area (Å²) in [6.07, 6.45) is -2.70. The lowest BCUT2D eigenvalue weighted by molar-refractivity contribution is -0.155. The van der Waals surface area contributed by atoms with E-state index in [-0.39, 0.29) is 5.69 Å². The fourth-order valence-electron chi connectivity index (χ4n) is 1.77. The van der Waals surface area contributed by atoms with Gasteiger partial charge in [-0.25, -0.2) is 27.5 Å². The molecule has 0 aliphatic carbocycles. The molecule has 0 fully saturated rings. The Labute approximate surface area is 139 Å². The molecule has 2 N–H and O–H groups in total. The SMILES string of the molecule is CC(CF)(OCC(OC(N)=O)c1cn2ncc(Cl)cc2n1)C(F)F. The topological polar surface area (TPSA) is 91.7 Å². The maximum Gasteiger partial charge on any atom is 0.405 e. The predicted molar refractivity (Wildman–Crippen MR) is 77.7 cm³/mol. The van der Waals surface area contributed by atoms with Gasteiger partial charge < -0.3 is 15.2 Å². The molecule has 24 heavy (non-hydrogen) atoms. The number of amides is 1. The summed E-state index contributed by atoms with van der Waals surface area (Å²) in [6.45, 7) is -1.08. The van der Waals surface area contributed by atoms with Gasteiger partial charge in [0.15, 0.2) is 17.4 Å². The third kappa shape index (κ3) is 4.06. The molecule has 2 unspecified atom stereocenters. The van der Waals surface area contributed by atoms with E-state index in [1.807, 2.05) is 0 Å². The zero-order valence-corrected chi connectivity index (χ0v) is 13.2. The summed E-state index contributed by atoms with van der Waals surface area (Å²) in [5.41, 5.74) is 3.11. The van der Waals surface area contributed by atoms with Crippen LogP contribution in [-0.4, -0.2) is 46.0 Å². The van der Waals surface area contributed by atoms with Crippen molar-refractivity contribution < 1.29 is 27.4 Å². The molecule has 0 radical (unpaired) electrons. The number of halogens is 4. The van der Waals surface area contributed by atoms with Crippen LogP contribution in [0.2, 0.25) is 5.02 Å². The largest absolute Gasteiger partial charge is 0.437 e. The van der Waals surface area contributed by atoms with E-state index >= 15 is 0 Å². The van der Waals surface area contributed by atoms with Gasteiger partial charge in [0.1, 0.15) is 12.4 Å². The average molecular weight is 367 g/mol. The number of hydrogen-bond acceptors (Lipinski definition) is 5. The van der Waals surface area contributed by atoms with Gasteiger partial charge in [-0.15, -0.1) is 0 Å². The number of fused-ring (bicyclic) bond motifs is 1. The first-order valence-electron chi connectivity index (χ1n) is 6.70. The molecular formula is C13H14ClF3N4O3. The summed E-state index contributed by atoms with van der Waals surface area (Å²) in [5, 5.41) is 4.27. The first-order valence-corrected chi connectivity index (χ1v) is 7.08. The Hall–Kier alpha value is -2.07. The van der Waals surface area contributed by atoms with Crippen molar-refractivity contribution in [3.63, 3.8) is 0 Å². The van der Waals surface area contributed by atoms with E-state index in [4.69, 9.17) is 26.8 Å². The number of ether oxygens (including phenoxy) is 2. The van der Waals surface area contributed by atoms with Crippen molar-refractivity contribution >= 4 is 23.3 Å². The van der Waals surface area contributed by atoms with Crippen molar-refractivity contribution in [2.45, 2.75) is 25.1 Å². The van der Waals surface area contributed by atoms with Crippen molar-refractivity contribution in [2.24, 2.45) is 5.73 Å². The highest BCUT2D eigenvalue weighted by Gasteiger charge is 2.38. The van der Waals surface area contributed by atoms with Gasteiger partial charge >= 0.3 is 6.09 Å². The minimum atomic E-state index is -3.07. The lowest BCUT2D eigenvalue weighted by atomic mass is 10.1. The number of hydrogen-bond donors (Lipinski definition) is 1. The van der Waals surface area contributed by atoms with Crippen LogP contribution in [0, 0.1) is 0 Å². The minimum absolute atomic E-state index is 0.138. The molecule has 0 aliphatic heterocycles. The fraction of sp³-hybridized carbons (Fsp3) is 0.462. The summed E-state index contributed by atoms with van der Waals surface area (Å²) in [7, 11) is 0. The van der Waals surface area contributed by atoms with Crippen LogP contribution in [0.15, 0.2) is 18.5 Å². The number of alkyl halides is 3. The first kappa shape index (κ1) is 18.3. The number of aromatic nitrogens is 3. The van der Waals surface area contributed by atoms with Crippen LogP contribution < -0.4 is 5.73 Å². The molecule has 7 nitrogen and oxygen atoms in total. The Morgan fingerprint density at radius 3 is 2.83 bits per heavy atom. The summed E-state index contributed by atoms with van der Waals surface area (Å²) in [6, 6.07) is 1.49. The summed E-state index contributed by atoms with van der Waals surface area (Å²) >= 11 is 5.80. The molecule has 2 aromatic rings. The van der Waals surface area contributed by atoms with Crippen LogP contribution >= 0.6 is 11.6 Å². The van der Waals surface area contributed by atoms with E-state index in [2.05, 4.69) is 10.1 Å². The Morgan fingerprint density at radius 2 is 2.25 bits per heavy atom. The first-order chi connectivity index (χ1) is 11.2. The predicted octanol–water partition coefficient (Wildman–Crippen LogP) is 2.53. The smallest absolute Gasteiger partial charge is 0.405 e. The van der Waals surface area contributed by atoms with E-state index < -0.39 is 37.5 Å². The minimum Gasteiger partial charge on any atom is -0.437 e. The molecule has 11 heteroatoms. The Morgan fingerprint density at radius 1 is 1.54 bits per heavy atom. The normalized spacial score (nSPS) is 15.4. The van der Waals surface area contributed by atoms with Crippen molar-refractivity contribution in [1.82, 2.24) is 14.6 Å². The Kier molecular flexibility index (Phi) is 5.50. The lowest BCUT2D eigenvalue weighted by Crippen LogP contribution is -2.41. The quantitative estimate of drug-likeness (QED) is 0.813. The standard InChI is InChI=1S/C13H14ClF3N4O3/c1-13(6-15,11(16)17)23-5-9(24-12(18)22)8-4-21-10(20-8)2-7(14)3-19-21/h2-4,9,11H,5-6H2,1H3,(H2,18,22). The van der Waals surface area contributed by atoms with Gasteiger partial charge in [-0.2, -0.15) is 5.10 Å². The van der Waals surface area contributed by atoms with Crippen LogP contribution in [0.25, 0.3) is 5.65 Å². The van der Waals surface area contributed by atoms with Gasteiger partial charge in [0.2, 0.25) is 0 Å². The van der Waals surface area contributed by atoms with E-state index in [9.17, 15) is 18.0 Å². The zero-order valence-electron chi connectivity index (χ0n) is 12.5. The average Bonchev–Trinajstić information content (AvgIpc) is 2.93. The molecule has 0 saturated heterocycles. The molecule has 2 heterocycles. The van der Waals surface area contributed by atoms with Gasteiger partial charge in [0.25, 0.3) is 6.43 Å². The molecule has 0 bridgehead atoms. The van der Waals surface area contributed by atoms with Crippen LogP contribution in [0.4, 0.5) is 18.0 Å². The molecule has 0 spiro atoms. The van der Waals surface area contributed by atoms with Gasteiger partial charge in [-0.05, 0) is 6.92 Å². The van der Waals surface area contributed by atoms with E-state index in [0.717, 1.165) is 6.92 Å². The van der Waals surface area contributed by atoms with Crippen molar-refractivity contribution in [3.8, 4) is 0 Å². The second-order valence-corrected chi connectivity index (χ2v) is 5.56. The molecule has 132 valence electrons. The third-order valence-electron chi connectivity index (χ3n) is 3.19. The monoisotopic (exact) mass is 366 g/mol. The lowest BCUT2D eigenvalue weighted by Gasteiger charge is -2.27. The number of primary amides is 1. The highest BCUT2D eigenvalue weighted by atomic mass is 35.5. The highest BCUT2D eigenvalue weighted by Crippen LogP contribution is 2.25. The third-order valence-corrected chi connectivity index (χ3v) is 3.39. The van der Waals surface area contributed by atoms with Crippen molar-refractivity contribution in [3.05, 3.63) is 29.2 Å². The van der Waals surface area contributed by atoms with Crippen LogP contribution in [-0.2, 0) is 9.47 Å². The molecule has 2 rings (SSSR count). The van der Waals surface area contributed by atoms with Crippen LogP contribution in [0.3, 0.4) is 0 Å². The summed E-state index contributed by atoms with van der Waals surface area (Å²) < 4.78 is 49.7. The second-order valence-electron chi connectivity index (χ2n) is 5.13. The fourth-order valence-corrected chi connectivity index (χ4v) is 1.91. The molecule has 2 atom stereocenters. The van der Waals surface area contributed by atoms with Crippen LogP contribution in [0.5, 0.6) is 0 Å². The maximum absolute atomic E-state index is 12.9. The number of imidazole rings is 1. The van der Waals surface area contributed by atoms with Gasteiger partial charge in [0.05, 0.1) is 24.0 Å². The summed E-state index contributed by atoms with van der Waals surface area (Å²) in [4.78, 5) is 15.2. The number of carbonyl (C=O) groups excluding carboxylic acids is 1. The maximum atomic E-state index is 12.9. The van der Waals surface area contributed by atoms with E-state index in [1.54, 1.807) is 0 Å². The Bertz CT molecular complexity index is 730. The molecule has 1 amide bonds. The van der Waals surface area contributed by atoms with Crippen molar-refractivity contribution in [1.29, 1.82) is 0 Å². The summed E-state index contributed by atoms with van der Waals surface area (Å²) in [5.74, 6) is 0.